The van der Waals surface area contributed by atoms with E-state index in [1.165, 1.54) is 0 Å². The summed E-state index contributed by atoms with van der Waals surface area (Å²) in [4.78, 5) is -1.60. The van der Waals surface area contributed by atoms with Gasteiger partial charge < -0.3 is 11.5 Å². The van der Waals surface area contributed by atoms with Crippen molar-refractivity contribution in [2.75, 3.05) is 6.54 Å². The summed E-state index contributed by atoms with van der Waals surface area (Å²) < 4.78 is 0. The molecule has 0 amide bonds. The molecule has 1 fully saturated rings. The van der Waals surface area contributed by atoms with Gasteiger partial charge in [0, 0.05) is 6.54 Å². The van der Waals surface area contributed by atoms with Gasteiger partial charge in [-0.25, -0.2) is 0 Å². The van der Waals surface area contributed by atoms with E-state index in [0.29, 0.717) is 6.54 Å². The fourth-order valence-electron chi connectivity index (χ4n) is 2.42. The summed E-state index contributed by atoms with van der Waals surface area (Å²) in [5.74, 6) is 0.185. The molecule has 13 heavy (non-hydrogen) atoms. The Labute approximate surface area is 89.9 Å². The van der Waals surface area contributed by atoms with Crippen molar-refractivity contribution in [2.45, 2.75) is 37.1 Å². The van der Waals surface area contributed by atoms with Crippen LogP contribution in [0.2, 0.25) is 0 Å². The van der Waals surface area contributed by atoms with Gasteiger partial charge in [-0.05, 0) is 17.8 Å². The van der Waals surface area contributed by atoms with E-state index >= 15 is 0 Å². The molecule has 2 nitrogen and oxygen atoms in total. The van der Waals surface area contributed by atoms with Crippen molar-refractivity contribution >= 4 is 23.2 Å². The standard InChI is InChI=1S/C9H18Cl2N2/c1-6-4-7(2,3)8(10,5-12)9(6,11)13/h6H,4-5,12-13H2,1-3H3/t6?,8-,9-/m1/s1. The average molecular weight is 225 g/mol. The van der Waals surface area contributed by atoms with Crippen molar-refractivity contribution in [1.82, 2.24) is 0 Å². The number of nitrogens with two attached hydrogens (primary N) is 2. The van der Waals surface area contributed by atoms with Crippen molar-refractivity contribution in [3.8, 4) is 0 Å². The van der Waals surface area contributed by atoms with Gasteiger partial charge in [0.1, 0.15) is 5.00 Å². The van der Waals surface area contributed by atoms with E-state index in [4.69, 9.17) is 34.7 Å². The molecular weight excluding hydrogens is 207 g/mol. The zero-order valence-electron chi connectivity index (χ0n) is 8.40. The van der Waals surface area contributed by atoms with Crippen LogP contribution in [0.25, 0.3) is 0 Å². The fraction of sp³-hybridized carbons (Fsp3) is 1.00. The summed E-state index contributed by atoms with van der Waals surface area (Å²) in [5.41, 5.74) is 11.6. The quantitative estimate of drug-likeness (QED) is 0.528. The maximum Gasteiger partial charge on any atom is 0.115 e. The summed E-state index contributed by atoms with van der Waals surface area (Å²) in [6.45, 7) is 6.47. The first-order chi connectivity index (χ1) is 5.69. The van der Waals surface area contributed by atoms with Crippen LogP contribution >= 0.6 is 23.2 Å². The fourth-order valence-corrected chi connectivity index (χ4v) is 3.09. The second kappa shape index (κ2) is 2.99. The predicted octanol–water partition coefficient (Wildman–Crippen LogP) is 1.88. The van der Waals surface area contributed by atoms with E-state index in [9.17, 15) is 0 Å². The van der Waals surface area contributed by atoms with Crippen molar-refractivity contribution < 1.29 is 0 Å². The second-order valence-electron chi connectivity index (χ2n) is 4.76. The smallest absolute Gasteiger partial charge is 0.115 e. The molecule has 0 saturated heterocycles. The van der Waals surface area contributed by atoms with E-state index in [1.54, 1.807) is 0 Å². The summed E-state index contributed by atoms with van der Waals surface area (Å²) in [6, 6.07) is 0. The molecule has 4 N–H and O–H groups in total. The molecule has 4 heteroatoms. The van der Waals surface area contributed by atoms with Crippen molar-refractivity contribution in [1.29, 1.82) is 0 Å². The average Bonchev–Trinajstić information content (AvgIpc) is 2.10. The number of rotatable bonds is 1. The highest BCUT2D eigenvalue weighted by atomic mass is 35.5. The SMILES string of the molecule is CC1CC(C)(C)[C@](Cl)(CN)[C@@]1(N)Cl. The van der Waals surface area contributed by atoms with Crippen LogP contribution in [-0.4, -0.2) is 16.4 Å². The molecule has 1 aliphatic carbocycles. The van der Waals surface area contributed by atoms with E-state index < -0.39 is 9.87 Å². The first-order valence-corrected chi connectivity index (χ1v) is 5.31. The Kier molecular flexibility index (Phi) is 2.67. The normalized spacial score (nSPS) is 49.6. The Balaban J connectivity index is 3.14. The Morgan fingerprint density at radius 1 is 1.38 bits per heavy atom. The Morgan fingerprint density at radius 3 is 2.00 bits per heavy atom. The third kappa shape index (κ3) is 1.30. The number of halogens is 2. The third-order valence-corrected chi connectivity index (χ3v) is 5.27. The molecule has 78 valence electrons. The van der Waals surface area contributed by atoms with Gasteiger partial charge in [0.2, 0.25) is 0 Å². The molecule has 0 radical (unpaired) electrons. The van der Waals surface area contributed by atoms with Crippen LogP contribution in [0.15, 0.2) is 0 Å². The molecule has 0 aromatic carbocycles. The zero-order chi connectivity index (χ0) is 10.5. The number of hydrogen-bond acceptors (Lipinski definition) is 2. The van der Waals surface area contributed by atoms with Gasteiger partial charge in [0.25, 0.3) is 0 Å². The summed E-state index contributed by atoms with van der Waals surface area (Å²) in [7, 11) is 0. The highest BCUT2D eigenvalue weighted by Crippen LogP contribution is 2.58. The largest absolute Gasteiger partial charge is 0.329 e. The molecule has 0 bridgehead atoms. The summed E-state index contributed by atoms with van der Waals surface area (Å²) in [6.07, 6.45) is 0.910. The first-order valence-electron chi connectivity index (χ1n) is 4.56. The lowest BCUT2D eigenvalue weighted by molar-refractivity contribution is 0.270. The van der Waals surface area contributed by atoms with Gasteiger partial charge in [-0.2, -0.15) is 0 Å². The minimum atomic E-state index is -0.896. The molecule has 0 spiro atoms. The van der Waals surface area contributed by atoms with E-state index in [-0.39, 0.29) is 11.3 Å². The maximum absolute atomic E-state index is 6.45. The van der Waals surface area contributed by atoms with Gasteiger partial charge in [-0.1, -0.05) is 20.8 Å². The van der Waals surface area contributed by atoms with Gasteiger partial charge in [0.05, 0.1) is 4.87 Å². The first kappa shape index (κ1) is 11.6. The summed E-state index contributed by atoms with van der Waals surface area (Å²) in [5, 5.41) is 0. The van der Waals surface area contributed by atoms with Gasteiger partial charge in [-0.15, -0.1) is 23.2 Å². The van der Waals surface area contributed by atoms with Gasteiger partial charge in [0.15, 0.2) is 0 Å². The Hall–Kier alpha value is 0.500. The molecule has 1 saturated carbocycles. The number of alkyl halides is 2. The minimum absolute atomic E-state index is 0.112. The molecule has 1 aliphatic rings. The van der Waals surface area contributed by atoms with Crippen LogP contribution in [0.4, 0.5) is 0 Å². The monoisotopic (exact) mass is 224 g/mol. The van der Waals surface area contributed by atoms with Crippen molar-refractivity contribution in [3.63, 3.8) is 0 Å². The molecule has 0 aromatic rings. The van der Waals surface area contributed by atoms with Crippen LogP contribution in [0, 0.1) is 11.3 Å². The minimum Gasteiger partial charge on any atom is -0.329 e. The molecule has 3 atom stereocenters. The van der Waals surface area contributed by atoms with Crippen LogP contribution in [0.1, 0.15) is 27.2 Å². The molecule has 0 aliphatic heterocycles. The Bertz CT molecular complexity index is 216. The van der Waals surface area contributed by atoms with Gasteiger partial charge >= 0.3 is 0 Å². The lowest BCUT2D eigenvalue weighted by atomic mass is 9.80. The zero-order valence-corrected chi connectivity index (χ0v) is 9.91. The number of hydrogen-bond donors (Lipinski definition) is 2. The second-order valence-corrected chi connectivity index (χ2v) is 6.03. The van der Waals surface area contributed by atoms with Crippen molar-refractivity contribution in [2.24, 2.45) is 22.8 Å². The lowest BCUT2D eigenvalue weighted by Gasteiger charge is -2.42. The van der Waals surface area contributed by atoms with Crippen LogP contribution in [-0.2, 0) is 0 Å². The van der Waals surface area contributed by atoms with Crippen molar-refractivity contribution in [3.05, 3.63) is 0 Å². The topological polar surface area (TPSA) is 52.0 Å². The van der Waals surface area contributed by atoms with Gasteiger partial charge in [-0.3, -0.25) is 0 Å². The summed E-state index contributed by atoms with van der Waals surface area (Å²) >= 11 is 12.7. The van der Waals surface area contributed by atoms with Crippen LogP contribution in [0.5, 0.6) is 0 Å². The predicted molar refractivity (Wildman–Crippen MR) is 58.0 cm³/mol. The van der Waals surface area contributed by atoms with Crippen LogP contribution in [0.3, 0.4) is 0 Å². The Morgan fingerprint density at radius 2 is 1.85 bits per heavy atom. The van der Waals surface area contributed by atoms with E-state index in [1.807, 2.05) is 6.92 Å². The lowest BCUT2D eigenvalue weighted by Crippen LogP contribution is -2.60. The maximum atomic E-state index is 6.45. The van der Waals surface area contributed by atoms with Crippen LogP contribution < -0.4 is 11.5 Å². The van der Waals surface area contributed by atoms with E-state index in [0.717, 1.165) is 6.42 Å². The molecular formula is C9H18Cl2N2. The van der Waals surface area contributed by atoms with E-state index in [2.05, 4.69) is 13.8 Å². The molecule has 0 heterocycles. The highest BCUT2D eigenvalue weighted by Gasteiger charge is 2.63. The molecule has 1 unspecified atom stereocenters. The molecule has 1 rings (SSSR count). The third-order valence-electron chi connectivity index (χ3n) is 3.50. The highest BCUT2D eigenvalue weighted by molar-refractivity contribution is 6.35. The molecule has 0 aromatic heterocycles.